The van der Waals surface area contributed by atoms with Gasteiger partial charge in [0.2, 0.25) is 0 Å². The SMILES string of the molecule is CCc1c(C)ccc(-c2c(Cl)cc(F)cc2Cl)c1N(C)C(=O)OC(C)(C)C.COC(=O)CNC(=O)c1c(F)cccc1F. The maximum absolute atomic E-state index is 13.7. The Labute approximate surface area is 258 Å². The predicted molar refractivity (Wildman–Crippen MR) is 161 cm³/mol. The summed E-state index contributed by atoms with van der Waals surface area (Å²) in [4.78, 5) is 36.2. The van der Waals surface area contributed by atoms with Crippen LogP contribution in [-0.2, 0) is 20.7 Å². The van der Waals surface area contributed by atoms with Crippen LogP contribution in [0.3, 0.4) is 0 Å². The maximum Gasteiger partial charge on any atom is 0.414 e. The lowest BCUT2D eigenvalue weighted by molar-refractivity contribution is -0.139. The van der Waals surface area contributed by atoms with Crippen LogP contribution in [0.15, 0.2) is 42.5 Å². The van der Waals surface area contributed by atoms with Crippen molar-refractivity contribution >= 4 is 46.9 Å². The number of benzene rings is 3. The minimum Gasteiger partial charge on any atom is -0.468 e. The topological polar surface area (TPSA) is 84.9 Å². The molecule has 3 aromatic rings. The molecule has 232 valence electrons. The molecule has 0 saturated carbocycles. The Morgan fingerprint density at radius 1 is 0.977 bits per heavy atom. The molecule has 0 heterocycles. The molecule has 0 fully saturated rings. The van der Waals surface area contributed by atoms with Crippen LogP contribution in [0.2, 0.25) is 10.0 Å². The molecular formula is C31H33Cl2F3N2O5. The number of carbonyl (C=O) groups is 3. The summed E-state index contributed by atoms with van der Waals surface area (Å²) in [6.07, 6.45) is 0.205. The number of aryl methyl sites for hydroxylation is 1. The molecule has 0 bridgehead atoms. The molecule has 0 aliphatic rings. The number of rotatable bonds is 6. The van der Waals surface area contributed by atoms with Gasteiger partial charge in [-0.2, -0.15) is 0 Å². The van der Waals surface area contributed by atoms with Crippen LogP contribution in [-0.4, -0.2) is 44.3 Å². The molecule has 0 aliphatic heterocycles. The van der Waals surface area contributed by atoms with E-state index in [0.717, 1.165) is 36.4 Å². The van der Waals surface area contributed by atoms with Crippen LogP contribution in [0.4, 0.5) is 23.7 Å². The molecule has 0 spiro atoms. The van der Waals surface area contributed by atoms with E-state index in [-0.39, 0.29) is 10.0 Å². The van der Waals surface area contributed by atoms with E-state index in [4.69, 9.17) is 27.9 Å². The normalized spacial score (nSPS) is 10.8. The third kappa shape index (κ3) is 9.36. The molecule has 12 heteroatoms. The molecule has 0 aromatic heterocycles. The van der Waals surface area contributed by atoms with E-state index in [1.807, 2.05) is 52.1 Å². The second-order valence-electron chi connectivity index (χ2n) is 10.2. The van der Waals surface area contributed by atoms with E-state index in [9.17, 15) is 27.6 Å². The fraction of sp³-hybridized carbons (Fsp3) is 0.323. The lowest BCUT2D eigenvalue weighted by Crippen LogP contribution is -2.35. The van der Waals surface area contributed by atoms with Gasteiger partial charge < -0.3 is 14.8 Å². The summed E-state index contributed by atoms with van der Waals surface area (Å²) in [7, 11) is 2.79. The van der Waals surface area contributed by atoms with Gasteiger partial charge in [0.05, 0.1) is 22.8 Å². The lowest BCUT2D eigenvalue weighted by atomic mass is 9.94. The van der Waals surface area contributed by atoms with E-state index >= 15 is 0 Å². The van der Waals surface area contributed by atoms with E-state index in [1.54, 1.807) is 7.05 Å². The van der Waals surface area contributed by atoms with Gasteiger partial charge in [-0.25, -0.2) is 18.0 Å². The van der Waals surface area contributed by atoms with Gasteiger partial charge >= 0.3 is 12.1 Å². The zero-order valence-electron chi connectivity index (χ0n) is 24.8. The zero-order valence-corrected chi connectivity index (χ0v) is 26.3. The minimum atomic E-state index is -0.999. The summed E-state index contributed by atoms with van der Waals surface area (Å²) in [5.74, 6) is -4.19. The van der Waals surface area contributed by atoms with Gasteiger partial charge in [0, 0.05) is 18.2 Å². The van der Waals surface area contributed by atoms with Crippen LogP contribution in [0.25, 0.3) is 11.1 Å². The first-order chi connectivity index (χ1) is 20.0. The van der Waals surface area contributed by atoms with Crippen molar-refractivity contribution in [1.29, 1.82) is 0 Å². The number of esters is 1. The Bertz CT molecular complexity index is 1470. The number of amides is 2. The highest BCUT2D eigenvalue weighted by Gasteiger charge is 2.26. The number of carbonyl (C=O) groups excluding carboxylic acids is 3. The van der Waals surface area contributed by atoms with Gasteiger partial charge in [-0.1, -0.05) is 48.3 Å². The first kappa shape index (κ1) is 35.4. The van der Waals surface area contributed by atoms with Crippen LogP contribution < -0.4 is 10.2 Å². The first-order valence-electron chi connectivity index (χ1n) is 13.0. The Balaban J connectivity index is 0.000000344. The van der Waals surface area contributed by atoms with Crippen molar-refractivity contribution in [1.82, 2.24) is 5.32 Å². The monoisotopic (exact) mass is 640 g/mol. The number of halogens is 5. The number of anilines is 1. The Morgan fingerprint density at radius 3 is 2.02 bits per heavy atom. The average Bonchev–Trinajstić information content (AvgIpc) is 2.90. The fourth-order valence-corrected chi connectivity index (χ4v) is 4.68. The van der Waals surface area contributed by atoms with Crippen molar-refractivity contribution in [3.8, 4) is 11.1 Å². The number of hydrogen-bond acceptors (Lipinski definition) is 5. The third-order valence-electron chi connectivity index (χ3n) is 5.96. The average molecular weight is 642 g/mol. The first-order valence-corrected chi connectivity index (χ1v) is 13.8. The number of nitrogens with one attached hydrogen (secondary N) is 1. The van der Waals surface area contributed by atoms with Crippen LogP contribution in [0, 0.1) is 24.4 Å². The summed E-state index contributed by atoms with van der Waals surface area (Å²) >= 11 is 12.6. The highest BCUT2D eigenvalue weighted by Crippen LogP contribution is 2.43. The Hall–Kier alpha value is -3.76. The minimum absolute atomic E-state index is 0.185. The summed E-state index contributed by atoms with van der Waals surface area (Å²) in [6.45, 7) is 8.97. The predicted octanol–water partition coefficient (Wildman–Crippen LogP) is 7.91. The fourth-order valence-electron chi connectivity index (χ4n) is 4.02. The molecule has 0 aliphatic carbocycles. The largest absolute Gasteiger partial charge is 0.468 e. The standard InChI is InChI=1S/C21H24Cl2FNO2.C10H9F2NO3/c1-7-14-12(2)8-9-15(18-16(22)10-13(24)11-17(18)23)19(14)25(6)20(26)27-21(3,4)5;1-16-8(14)5-13-10(15)9-6(11)3-2-4-7(9)12/h8-11H,7H2,1-6H3;2-4H,5H2,1H3,(H,13,15). The van der Waals surface area contributed by atoms with Gasteiger partial charge in [0.15, 0.2) is 0 Å². The van der Waals surface area contributed by atoms with Gasteiger partial charge in [-0.3, -0.25) is 14.5 Å². The number of hydrogen-bond donors (Lipinski definition) is 1. The number of ether oxygens (including phenoxy) is 2. The van der Waals surface area contributed by atoms with Gasteiger partial charge in [-0.15, -0.1) is 0 Å². The third-order valence-corrected chi connectivity index (χ3v) is 6.56. The number of methoxy groups -OCH3 is 1. The van der Waals surface area contributed by atoms with E-state index in [2.05, 4.69) is 4.74 Å². The summed E-state index contributed by atoms with van der Waals surface area (Å²) in [6, 6.07) is 9.26. The highest BCUT2D eigenvalue weighted by atomic mass is 35.5. The summed E-state index contributed by atoms with van der Waals surface area (Å²) in [5, 5.41) is 2.41. The number of nitrogens with zero attached hydrogens (tertiary/aromatic N) is 1. The molecule has 0 radical (unpaired) electrons. The lowest BCUT2D eigenvalue weighted by Gasteiger charge is -2.28. The van der Waals surface area contributed by atoms with Crippen molar-refractivity contribution in [3.05, 3.63) is 86.7 Å². The smallest absolute Gasteiger partial charge is 0.414 e. The van der Waals surface area contributed by atoms with Crippen LogP contribution in [0.5, 0.6) is 0 Å². The van der Waals surface area contributed by atoms with E-state index < -0.39 is 53.1 Å². The van der Waals surface area contributed by atoms with Gasteiger partial charge in [0.25, 0.3) is 5.91 Å². The molecule has 2 amide bonds. The summed E-state index contributed by atoms with van der Waals surface area (Å²) < 4.78 is 49.6. The maximum atomic E-state index is 13.7. The summed E-state index contributed by atoms with van der Waals surface area (Å²) in [5.41, 5.74) is 2.44. The highest BCUT2D eigenvalue weighted by molar-refractivity contribution is 6.39. The van der Waals surface area contributed by atoms with E-state index in [0.29, 0.717) is 23.2 Å². The molecule has 0 unspecified atom stereocenters. The molecule has 3 aromatic carbocycles. The van der Waals surface area contributed by atoms with Crippen molar-refractivity contribution in [3.63, 3.8) is 0 Å². The Morgan fingerprint density at radius 2 is 1.53 bits per heavy atom. The molecule has 43 heavy (non-hydrogen) atoms. The van der Waals surface area contributed by atoms with Crippen molar-refractivity contribution in [2.45, 2.75) is 46.6 Å². The van der Waals surface area contributed by atoms with Crippen molar-refractivity contribution < 1.29 is 37.0 Å². The van der Waals surface area contributed by atoms with Crippen LogP contribution >= 0.6 is 23.2 Å². The van der Waals surface area contributed by atoms with Gasteiger partial charge in [-0.05, 0) is 69.5 Å². The molecule has 7 nitrogen and oxygen atoms in total. The zero-order chi connectivity index (χ0) is 32.6. The Kier molecular flexibility index (Phi) is 12.5. The second-order valence-corrected chi connectivity index (χ2v) is 11.1. The molecule has 3 rings (SSSR count). The molecular weight excluding hydrogens is 608 g/mol. The van der Waals surface area contributed by atoms with Crippen molar-refractivity contribution in [2.75, 3.05) is 25.6 Å². The molecule has 1 N–H and O–H groups in total. The quantitative estimate of drug-likeness (QED) is 0.277. The van der Waals surface area contributed by atoms with Crippen LogP contribution in [0.1, 0.15) is 49.2 Å². The molecule has 0 saturated heterocycles. The van der Waals surface area contributed by atoms with Gasteiger partial charge in [0.1, 0.15) is 35.2 Å². The second kappa shape index (κ2) is 15.1. The van der Waals surface area contributed by atoms with E-state index in [1.165, 1.54) is 17.0 Å². The molecule has 0 atom stereocenters. The van der Waals surface area contributed by atoms with Crippen molar-refractivity contribution in [2.24, 2.45) is 0 Å².